The Morgan fingerprint density at radius 3 is 2.67 bits per heavy atom. The summed E-state index contributed by atoms with van der Waals surface area (Å²) in [5.74, 6) is 0.303. The fraction of sp³-hybridized carbons (Fsp3) is 0.182. The van der Waals surface area contributed by atoms with Crippen molar-refractivity contribution in [1.82, 2.24) is 9.78 Å². The summed E-state index contributed by atoms with van der Waals surface area (Å²) in [5, 5.41) is 3.99. The van der Waals surface area contributed by atoms with E-state index in [2.05, 4.69) is 25.8 Å². The van der Waals surface area contributed by atoms with Crippen LogP contribution in [-0.2, 0) is 17.1 Å². The van der Waals surface area contributed by atoms with Crippen molar-refractivity contribution in [3.05, 3.63) is 40.5 Å². The summed E-state index contributed by atoms with van der Waals surface area (Å²) < 4.78 is 29.1. The van der Waals surface area contributed by atoms with E-state index in [-0.39, 0.29) is 4.90 Å². The summed E-state index contributed by atoms with van der Waals surface area (Å²) in [5.41, 5.74) is 0.682. The van der Waals surface area contributed by atoms with E-state index in [4.69, 9.17) is 0 Å². The lowest BCUT2D eigenvalue weighted by molar-refractivity contribution is 0.600. The molecule has 2 aromatic rings. The second-order valence-electron chi connectivity index (χ2n) is 3.89. The molecule has 0 saturated heterocycles. The number of nitrogens with one attached hydrogen (secondary N) is 1. The van der Waals surface area contributed by atoms with Gasteiger partial charge in [-0.2, -0.15) is 5.10 Å². The van der Waals surface area contributed by atoms with Gasteiger partial charge in [0.25, 0.3) is 10.0 Å². The maximum atomic E-state index is 12.2. The number of hydrogen-bond acceptors (Lipinski definition) is 3. The van der Waals surface area contributed by atoms with Crippen molar-refractivity contribution < 1.29 is 8.42 Å². The molecule has 5 nitrogen and oxygen atoms in total. The summed E-state index contributed by atoms with van der Waals surface area (Å²) in [7, 11) is -1.88. The molecule has 1 N–H and O–H groups in total. The molecule has 0 aliphatic carbocycles. The standard InChI is InChI=1S/C11H12BrN3O2S/c1-8-3-4-9(12)7-10(8)18(16,17)14-11-5-6-15(2)13-11/h3-7H,1-2H3,(H,13,14). The number of hydrogen-bond donors (Lipinski definition) is 1. The van der Waals surface area contributed by atoms with E-state index in [0.29, 0.717) is 11.4 Å². The van der Waals surface area contributed by atoms with Gasteiger partial charge in [-0.25, -0.2) is 8.42 Å². The quantitative estimate of drug-likeness (QED) is 0.939. The van der Waals surface area contributed by atoms with Crippen molar-refractivity contribution >= 4 is 31.8 Å². The minimum absolute atomic E-state index is 0.238. The zero-order valence-electron chi connectivity index (χ0n) is 9.88. The predicted molar refractivity (Wildman–Crippen MR) is 72.9 cm³/mol. The van der Waals surface area contributed by atoms with Gasteiger partial charge in [-0.05, 0) is 24.6 Å². The number of aryl methyl sites for hydroxylation is 2. The third kappa shape index (κ3) is 2.73. The van der Waals surface area contributed by atoms with Crippen LogP contribution in [0.2, 0.25) is 0 Å². The highest BCUT2D eigenvalue weighted by atomic mass is 79.9. The monoisotopic (exact) mass is 329 g/mol. The summed E-state index contributed by atoms with van der Waals surface area (Å²) >= 11 is 3.27. The van der Waals surface area contributed by atoms with Gasteiger partial charge in [0, 0.05) is 23.8 Å². The SMILES string of the molecule is Cc1ccc(Br)cc1S(=O)(=O)Nc1ccn(C)n1. The summed E-state index contributed by atoms with van der Waals surface area (Å²) in [6, 6.07) is 6.72. The van der Waals surface area contributed by atoms with Gasteiger partial charge in [0.15, 0.2) is 5.82 Å². The van der Waals surface area contributed by atoms with Crippen LogP contribution in [0.4, 0.5) is 5.82 Å². The van der Waals surface area contributed by atoms with Crippen LogP contribution in [0.3, 0.4) is 0 Å². The van der Waals surface area contributed by atoms with Crippen LogP contribution in [0.25, 0.3) is 0 Å². The molecule has 7 heteroatoms. The van der Waals surface area contributed by atoms with Crippen molar-refractivity contribution in [2.75, 3.05) is 4.72 Å². The van der Waals surface area contributed by atoms with Crippen LogP contribution in [0.1, 0.15) is 5.56 Å². The molecule has 18 heavy (non-hydrogen) atoms. The Labute approximate surface area is 114 Å². The highest BCUT2D eigenvalue weighted by Gasteiger charge is 2.18. The smallest absolute Gasteiger partial charge is 0.263 e. The molecule has 0 aliphatic heterocycles. The van der Waals surface area contributed by atoms with Crippen LogP contribution < -0.4 is 4.72 Å². The van der Waals surface area contributed by atoms with E-state index < -0.39 is 10.0 Å². The minimum atomic E-state index is -3.61. The van der Waals surface area contributed by atoms with Crippen molar-refractivity contribution in [2.24, 2.45) is 7.05 Å². The van der Waals surface area contributed by atoms with Gasteiger partial charge in [-0.1, -0.05) is 22.0 Å². The maximum absolute atomic E-state index is 12.2. The van der Waals surface area contributed by atoms with Gasteiger partial charge in [-0.15, -0.1) is 0 Å². The summed E-state index contributed by atoms with van der Waals surface area (Å²) in [6.07, 6.45) is 1.67. The number of nitrogens with zero attached hydrogens (tertiary/aromatic N) is 2. The molecule has 0 unspecified atom stereocenters. The van der Waals surface area contributed by atoms with Crippen molar-refractivity contribution in [2.45, 2.75) is 11.8 Å². The lowest BCUT2D eigenvalue weighted by Gasteiger charge is -2.08. The van der Waals surface area contributed by atoms with E-state index in [1.54, 1.807) is 44.4 Å². The Bertz CT molecular complexity index is 679. The molecule has 2 rings (SSSR count). The number of anilines is 1. The first-order valence-electron chi connectivity index (χ1n) is 5.17. The highest BCUT2D eigenvalue weighted by molar-refractivity contribution is 9.10. The van der Waals surface area contributed by atoms with E-state index in [1.807, 2.05) is 0 Å². The van der Waals surface area contributed by atoms with Gasteiger partial charge in [0.05, 0.1) is 4.90 Å². The lowest BCUT2D eigenvalue weighted by atomic mass is 10.2. The summed E-state index contributed by atoms with van der Waals surface area (Å²) in [4.78, 5) is 0.238. The zero-order valence-corrected chi connectivity index (χ0v) is 12.3. The second-order valence-corrected chi connectivity index (χ2v) is 6.46. The molecule has 0 saturated carbocycles. The Balaban J connectivity index is 2.39. The van der Waals surface area contributed by atoms with E-state index >= 15 is 0 Å². The van der Waals surface area contributed by atoms with Crippen LogP contribution in [0, 0.1) is 6.92 Å². The van der Waals surface area contributed by atoms with Gasteiger partial charge >= 0.3 is 0 Å². The van der Waals surface area contributed by atoms with Gasteiger partial charge in [-0.3, -0.25) is 9.40 Å². The summed E-state index contributed by atoms with van der Waals surface area (Å²) in [6.45, 7) is 1.75. The van der Waals surface area contributed by atoms with Crippen LogP contribution in [0.5, 0.6) is 0 Å². The molecule has 0 amide bonds. The molecular formula is C11H12BrN3O2S. The molecule has 96 valence electrons. The first-order valence-corrected chi connectivity index (χ1v) is 7.45. The van der Waals surface area contributed by atoms with Gasteiger partial charge < -0.3 is 0 Å². The third-order valence-electron chi connectivity index (χ3n) is 2.39. The molecule has 0 aliphatic rings. The number of sulfonamides is 1. The van der Waals surface area contributed by atoms with Crippen LogP contribution in [-0.4, -0.2) is 18.2 Å². The predicted octanol–water partition coefficient (Wildman–Crippen LogP) is 2.29. The Kier molecular flexibility index (Phi) is 3.45. The molecular weight excluding hydrogens is 318 g/mol. The van der Waals surface area contributed by atoms with E-state index in [9.17, 15) is 8.42 Å². The average Bonchev–Trinajstić information content (AvgIpc) is 2.66. The average molecular weight is 330 g/mol. The highest BCUT2D eigenvalue weighted by Crippen LogP contribution is 2.22. The minimum Gasteiger partial charge on any atom is -0.274 e. The maximum Gasteiger partial charge on any atom is 0.263 e. The fourth-order valence-electron chi connectivity index (χ4n) is 1.53. The topological polar surface area (TPSA) is 64.0 Å². The normalized spacial score (nSPS) is 11.5. The van der Waals surface area contributed by atoms with Crippen molar-refractivity contribution in [3.8, 4) is 0 Å². The number of aromatic nitrogens is 2. The Morgan fingerprint density at radius 1 is 1.33 bits per heavy atom. The molecule has 0 fully saturated rings. The molecule has 0 atom stereocenters. The van der Waals surface area contributed by atoms with E-state index in [1.165, 1.54) is 4.68 Å². The fourth-order valence-corrected chi connectivity index (χ4v) is 3.31. The third-order valence-corrected chi connectivity index (χ3v) is 4.38. The largest absolute Gasteiger partial charge is 0.274 e. The molecule has 0 bridgehead atoms. The van der Waals surface area contributed by atoms with Gasteiger partial charge in [0.1, 0.15) is 0 Å². The number of rotatable bonds is 3. The first kappa shape index (κ1) is 13.1. The first-order chi connectivity index (χ1) is 8.38. The van der Waals surface area contributed by atoms with E-state index in [0.717, 1.165) is 4.47 Å². The lowest BCUT2D eigenvalue weighted by Crippen LogP contribution is -2.14. The number of halogens is 1. The Hall–Kier alpha value is -1.34. The molecule has 1 aromatic heterocycles. The zero-order chi connectivity index (χ0) is 13.3. The molecule has 0 radical (unpaired) electrons. The van der Waals surface area contributed by atoms with Crippen molar-refractivity contribution in [1.29, 1.82) is 0 Å². The second kappa shape index (κ2) is 4.74. The van der Waals surface area contributed by atoms with Crippen LogP contribution >= 0.6 is 15.9 Å². The van der Waals surface area contributed by atoms with Crippen molar-refractivity contribution in [3.63, 3.8) is 0 Å². The molecule has 0 spiro atoms. The number of benzene rings is 1. The molecule has 1 heterocycles. The van der Waals surface area contributed by atoms with Gasteiger partial charge in [0.2, 0.25) is 0 Å². The molecule has 1 aromatic carbocycles. The van der Waals surface area contributed by atoms with Crippen LogP contribution in [0.15, 0.2) is 39.8 Å². The Morgan fingerprint density at radius 2 is 2.06 bits per heavy atom.